The molecule has 1 heterocycles. The maximum absolute atomic E-state index is 13.4. The van der Waals surface area contributed by atoms with E-state index in [0.29, 0.717) is 46.6 Å². The number of hydrogen-bond acceptors (Lipinski definition) is 9. The van der Waals surface area contributed by atoms with Gasteiger partial charge in [0.2, 0.25) is 11.9 Å². The SMILES string of the molecule is CCCCOc1cc([C@H]2[C@@H](OC(=O)CCC(=O)O)C(=O)N2c2cc(OC)c(OC)c(OC)c2)ccc1OC. The van der Waals surface area contributed by atoms with Gasteiger partial charge in [0.1, 0.15) is 6.04 Å². The van der Waals surface area contributed by atoms with Gasteiger partial charge in [0.25, 0.3) is 5.91 Å². The number of carbonyl (C=O) groups excluding carboxylic acids is 2. The predicted octanol–water partition coefficient (Wildman–Crippen LogP) is 3.76. The van der Waals surface area contributed by atoms with Crippen molar-refractivity contribution in [2.75, 3.05) is 39.9 Å². The van der Waals surface area contributed by atoms with Gasteiger partial charge in [0, 0.05) is 12.1 Å². The summed E-state index contributed by atoms with van der Waals surface area (Å²) in [5, 5.41) is 8.91. The van der Waals surface area contributed by atoms with Gasteiger partial charge >= 0.3 is 11.9 Å². The molecule has 3 rings (SSSR count). The number of carbonyl (C=O) groups is 3. The van der Waals surface area contributed by atoms with Crippen LogP contribution in [0.15, 0.2) is 30.3 Å². The topological polar surface area (TPSA) is 130 Å². The molecular formula is C27H33NO10. The molecule has 1 saturated heterocycles. The summed E-state index contributed by atoms with van der Waals surface area (Å²) < 4.78 is 33.1. The molecule has 0 aliphatic carbocycles. The van der Waals surface area contributed by atoms with E-state index in [-0.39, 0.29) is 6.42 Å². The number of unbranched alkanes of at least 4 members (excludes halogenated alkanes) is 1. The molecule has 2 aromatic rings. The highest BCUT2D eigenvalue weighted by molar-refractivity contribution is 6.06. The Morgan fingerprint density at radius 1 is 0.895 bits per heavy atom. The van der Waals surface area contributed by atoms with E-state index in [0.717, 1.165) is 12.8 Å². The van der Waals surface area contributed by atoms with Crippen molar-refractivity contribution in [2.24, 2.45) is 0 Å². The zero-order valence-electron chi connectivity index (χ0n) is 22.1. The maximum atomic E-state index is 13.4. The first-order valence-electron chi connectivity index (χ1n) is 12.1. The van der Waals surface area contributed by atoms with E-state index >= 15 is 0 Å². The third-order valence-corrected chi connectivity index (χ3v) is 6.06. The number of methoxy groups -OCH3 is 4. The Morgan fingerprint density at radius 3 is 2.11 bits per heavy atom. The van der Waals surface area contributed by atoms with E-state index in [1.807, 2.05) is 0 Å². The average Bonchev–Trinajstić information content (AvgIpc) is 2.92. The van der Waals surface area contributed by atoms with Crippen molar-refractivity contribution in [2.45, 2.75) is 44.8 Å². The van der Waals surface area contributed by atoms with E-state index in [1.54, 1.807) is 30.3 Å². The number of nitrogens with zero attached hydrogens (tertiary/aromatic N) is 1. The lowest BCUT2D eigenvalue weighted by Crippen LogP contribution is -2.60. The fraction of sp³-hybridized carbons (Fsp3) is 0.444. The minimum absolute atomic E-state index is 0.341. The van der Waals surface area contributed by atoms with Crippen LogP contribution in [-0.4, -0.2) is 64.1 Å². The zero-order valence-corrected chi connectivity index (χ0v) is 22.1. The Hall–Kier alpha value is -4.15. The number of aliphatic carboxylic acids is 1. The molecule has 1 amide bonds. The lowest BCUT2D eigenvalue weighted by atomic mass is 9.89. The Kier molecular flexibility index (Phi) is 9.64. The van der Waals surface area contributed by atoms with Crippen LogP contribution in [0.1, 0.15) is 44.2 Å². The first-order chi connectivity index (χ1) is 18.3. The van der Waals surface area contributed by atoms with Crippen molar-refractivity contribution < 1.29 is 47.9 Å². The molecule has 1 aliphatic rings. The number of hydrogen-bond donors (Lipinski definition) is 1. The molecule has 0 radical (unpaired) electrons. The summed E-state index contributed by atoms with van der Waals surface area (Å²) in [5.74, 6) is -0.367. The molecule has 38 heavy (non-hydrogen) atoms. The molecule has 1 aliphatic heterocycles. The molecule has 0 unspecified atom stereocenters. The fourth-order valence-electron chi connectivity index (χ4n) is 4.12. The van der Waals surface area contributed by atoms with Gasteiger partial charge in [-0.1, -0.05) is 19.4 Å². The molecule has 11 nitrogen and oxygen atoms in total. The van der Waals surface area contributed by atoms with Crippen LogP contribution in [0.2, 0.25) is 0 Å². The van der Waals surface area contributed by atoms with Gasteiger partial charge in [-0.15, -0.1) is 0 Å². The second kappa shape index (κ2) is 12.9. The van der Waals surface area contributed by atoms with Crippen LogP contribution in [0, 0.1) is 0 Å². The standard InChI is InChI=1S/C27H33NO10/c1-6-7-12-37-19-13-16(8-9-18(19)33-2)24-26(38-23(31)11-10-22(29)30)27(32)28(24)17-14-20(34-3)25(36-5)21(15-17)35-4/h8-9,13-15,24,26H,6-7,10-12H2,1-5H3,(H,29,30)/t24-,26+/m0/s1. The third kappa shape index (κ3) is 6.04. The Labute approximate surface area is 221 Å². The molecule has 206 valence electrons. The van der Waals surface area contributed by atoms with Gasteiger partial charge in [-0.2, -0.15) is 0 Å². The maximum Gasteiger partial charge on any atom is 0.307 e. The van der Waals surface area contributed by atoms with Crippen molar-refractivity contribution in [3.8, 4) is 28.7 Å². The number of carboxylic acid groups (broad SMARTS) is 1. The summed E-state index contributed by atoms with van der Waals surface area (Å²) in [7, 11) is 5.94. The Balaban J connectivity index is 2.04. The normalized spacial score (nSPS) is 16.3. The highest BCUT2D eigenvalue weighted by Gasteiger charge is 2.52. The Bertz CT molecular complexity index is 1140. The van der Waals surface area contributed by atoms with Crippen molar-refractivity contribution in [1.82, 2.24) is 0 Å². The number of amides is 1. The van der Waals surface area contributed by atoms with Gasteiger partial charge in [-0.3, -0.25) is 19.3 Å². The molecule has 0 spiro atoms. The first kappa shape index (κ1) is 28.4. The summed E-state index contributed by atoms with van der Waals surface area (Å²) >= 11 is 0. The molecule has 1 fully saturated rings. The molecule has 2 atom stereocenters. The third-order valence-electron chi connectivity index (χ3n) is 6.06. The number of benzene rings is 2. The number of ether oxygens (including phenoxy) is 6. The van der Waals surface area contributed by atoms with Crippen LogP contribution in [0.25, 0.3) is 0 Å². The first-order valence-corrected chi connectivity index (χ1v) is 12.1. The number of rotatable bonds is 14. The van der Waals surface area contributed by atoms with Crippen LogP contribution in [-0.2, 0) is 19.1 Å². The summed E-state index contributed by atoms with van der Waals surface area (Å²) in [4.78, 5) is 38.1. The van der Waals surface area contributed by atoms with E-state index in [4.69, 9.17) is 33.5 Å². The molecule has 0 bridgehead atoms. The van der Waals surface area contributed by atoms with E-state index in [9.17, 15) is 14.4 Å². The van der Waals surface area contributed by atoms with Crippen molar-refractivity contribution in [1.29, 1.82) is 0 Å². The second-order valence-corrected chi connectivity index (χ2v) is 8.45. The second-order valence-electron chi connectivity index (χ2n) is 8.45. The van der Waals surface area contributed by atoms with E-state index in [2.05, 4.69) is 6.92 Å². The van der Waals surface area contributed by atoms with Crippen molar-refractivity contribution in [3.63, 3.8) is 0 Å². The van der Waals surface area contributed by atoms with Crippen LogP contribution < -0.4 is 28.6 Å². The largest absolute Gasteiger partial charge is 0.493 e. The predicted molar refractivity (Wildman–Crippen MR) is 136 cm³/mol. The summed E-state index contributed by atoms with van der Waals surface area (Å²) in [5.41, 5.74) is 1.05. The summed E-state index contributed by atoms with van der Waals surface area (Å²) in [6.45, 7) is 2.53. The van der Waals surface area contributed by atoms with Gasteiger partial charge in [-0.05, 0) is 24.1 Å². The summed E-state index contributed by atoms with van der Waals surface area (Å²) in [6, 6.07) is 7.73. The van der Waals surface area contributed by atoms with Crippen molar-refractivity contribution >= 4 is 23.5 Å². The molecular weight excluding hydrogens is 498 g/mol. The van der Waals surface area contributed by atoms with Crippen LogP contribution >= 0.6 is 0 Å². The number of carboxylic acids is 1. The monoisotopic (exact) mass is 531 g/mol. The minimum Gasteiger partial charge on any atom is -0.493 e. The number of β-lactam (4-membered cyclic amide) rings is 1. The molecule has 11 heteroatoms. The van der Waals surface area contributed by atoms with Gasteiger partial charge in [-0.25, -0.2) is 0 Å². The van der Waals surface area contributed by atoms with E-state index < -0.39 is 36.4 Å². The zero-order chi connectivity index (χ0) is 27.8. The minimum atomic E-state index is -1.17. The van der Waals surface area contributed by atoms with Crippen molar-refractivity contribution in [3.05, 3.63) is 35.9 Å². The van der Waals surface area contributed by atoms with Crippen LogP contribution in [0.4, 0.5) is 5.69 Å². The molecule has 2 aromatic carbocycles. The fourth-order valence-corrected chi connectivity index (χ4v) is 4.12. The number of anilines is 1. The van der Waals surface area contributed by atoms with Crippen LogP contribution in [0.5, 0.6) is 28.7 Å². The molecule has 0 saturated carbocycles. The summed E-state index contributed by atoms with van der Waals surface area (Å²) in [6.07, 6.45) is -0.144. The lowest BCUT2D eigenvalue weighted by molar-refractivity contribution is -0.163. The smallest absolute Gasteiger partial charge is 0.307 e. The van der Waals surface area contributed by atoms with Gasteiger partial charge in [0.15, 0.2) is 23.0 Å². The molecule has 1 N–H and O–H groups in total. The lowest BCUT2D eigenvalue weighted by Gasteiger charge is -2.46. The number of esters is 1. The quantitative estimate of drug-likeness (QED) is 0.218. The highest BCUT2D eigenvalue weighted by Crippen LogP contribution is 2.48. The average molecular weight is 532 g/mol. The van der Waals surface area contributed by atoms with E-state index in [1.165, 1.54) is 33.3 Å². The van der Waals surface area contributed by atoms with Gasteiger partial charge in [0.05, 0.1) is 53.6 Å². The van der Waals surface area contributed by atoms with Gasteiger partial charge < -0.3 is 33.5 Å². The highest BCUT2D eigenvalue weighted by atomic mass is 16.6. The molecule has 0 aromatic heterocycles. The Morgan fingerprint density at radius 2 is 1.55 bits per heavy atom. The van der Waals surface area contributed by atoms with Crippen LogP contribution in [0.3, 0.4) is 0 Å².